The summed E-state index contributed by atoms with van der Waals surface area (Å²) in [4.78, 5) is 0.326. The molecule has 1 atom stereocenters. The Morgan fingerprint density at radius 3 is 2.64 bits per heavy atom. The van der Waals surface area contributed by atoms with Crippen molar-refractivity contribution in [2.75, 3.05) is 0 Å². The van der Waals surface area contributed by atoms with E-state index >= 15 is 0 Å². The second-order valence-corrected chi connectivity index (χ2v) is 4.36. The largest absolute Gasteiger partial charge is 0.234 e. The molecule has 0 saturated heterocycles. The SMILES string of the molecule is CC1C=CC=C(S(N)(=O)=O)C1. The van der Waals surface area contributed by atoms with E-state index in [-0.39, 0.29) is 5.92 Å². The van der Waals surface area contributed by atoms with Crippen LogP contribution in [-0.2, 0) is 10.0 Å². The van der Waals surface area contributed by atoms with E-state index < -0.39 is 10.0 Å². The number of sulfonamides is 1. The zero-order valence-electron chi connectivity index (χ0n) is 6.32. The van der Waals surface area contributed by atoms with Gasteiger partial charge in [0.1, 0.15) is 0 Å². The van der Waals surface area contributed by atoms with Crippen LogP contribution in [0.5, 0.6) is 0 Å². The Morgan fingerprint density at radius 1 is 1.64 bits per heavy atom. The van der Waals surface area contributed by atoms with Gasteiger partial charge in [0.2, 0.25) is 10.0 Å². The standard InChI is InChI=1S/C7H11NO2S/c1-6-3-2-4-7(5-6)11(8,9)10/h2-4,6H,5H2,1H3,(H2,8,9,10). The van der Waals surface area contributed by atoms with E-state index in [2.05, 4.69) is 0 Å². The first kappa shape index (κ1) is 8.49. The van der Waals surface area contributed by atoms with Gasteiger partial charge in [-0.1, -0.05) is 19.1 Å². The van der Waals surface area contributed by atoms with Crippen LogP contribution in [0.2, 0.25) is 0 Å². The van der Waals surface area contributed by atoms with Gasteiger partial charge in [0, 0.05) is 0 Å². The molecule has 0 amide bonds. The molecule has 0 fully saturated rings. The van der Waals surface area contributed by atoms with Crippen molar-refractivity contribution in [2.45, 2.75) is 13.3 Å². The van der Waals surface area contributed by atoms with Gasteiger partial charge in [-0.2, -0.15) is 0 Å². The number of nitrogens with two attached hydrogens (primary N) is 1. The Balaban J connectivity index is 2.92. The number of rotatable bonds is 1. The molecule has 0 aliphatic heterocycles. The van der Waals surface area contributed by atoms with E-state index in [1.54, 1.807) is 12.2 Å². The molecule has 11 heavy (non-hydrogen) atoms. The van der Waals surface area contributed by atoms with Crippen LogP contribution in [0, 0.1) is 5.92 Å². The van der Waals surface area contributed by atoms with Crippen LogP contribution in [0.3, 0.4) is 0 Å². The highest BCUT2D eigenvalue weighted by Gasteiger charge is 2.15. The topological polar surface area (TPSA) is 60.2 Å². The smallest absolute Gasteiger partial charge is 0.225 e. The molecular weight excluding hydrogens is 162 g/mol. The van der Waals surface area contributed by atoms with E-state index in [1.165, 1.54) is 0 Å². The third-order valence-electron chi connectivity index (χ3n) is 1.61. The normalized spacial score (nSPS) is 24.9. The summed E-state index contributed by atoms with van der Waals surface area (Å²) in [6, 6.07) is 0. The molecule has 0 aromatic heterocycles. The molecule has 0 spiro atoms. The highest BCUT2D eigenvalue weighted by molar-refractivity contribution is 7.93. The Labute approximate surface area is 66.6 Å². The minimum absolute atomic E-state index is 0.272. The van der Waals surface area contributed by atoms with Crippen molar-refractivity contribution in [1.82, 2.24) is 0 Å². The second-order valence-electron chi connectivity index (χ2n) is 2.74. The minimum Gasteiger partial charge on any atom is -0.225 e. The molecule has 0 saturated carbocycles. The lowest BCUT2D eigenvalue weighted by Gasteiger charge is -2.11. The van der Waals surface area contributed by atoms with Crippen molar-refractivity contribution in [1.29, 1.82) is 0 Å². The van der Waals surface area contributed by atoms with Crippen molar-refractivity contribution in [3.8, 4) is 0 Å². The van der Waals surface area contributed by atoms with Crippen molar-refractivity contribution < 1.29 is 8.42 Å². The zero-order valence-corrected chi connectivity index (χ0v) is 7.14. The monoisotopic (exact) mass is 173 g/mol. The Kier molecular flexibility index (Phi) is 2.15. The molecule has 1 aliphatic rings. The minimum atomic E-state index is -3.45. The summed E-state index contributed by atoms with van der Waals surface area (Å²) in [5.74, 6) is 0.272. The summed E-state index contributed by atoms with van der Waals surface area (Å²) in [7, 11) is -3.45. The van der Waals surface area contributed by atoms with Gasteiger partial charge in [-0.15, -0.1) is 0 Å². The molecule has 0 heterocycles. The van der Waals surface area contributed by atoms with Gasteiger partial charge in [-0.05, 0) is 18.4 Å². The Morgan fingerprint density at radius 2 is 2.27 bits per heavy atom. The van der Waals surface area contributed by atoms with Gasteiger partial charge in [-0.25, -0.2) is 13.6 Å². The van der Waals surface area contributed by atoms with Crippen molar-refractivity contribution in [3.63, 3.8) is 0 Å². The van der Waals surface area contributed by atoms with Gasteiger partial charge in [0.25, 0.3) is 0 Å². The molecule has 1 rings (SSSR count). The molecule has 4 heteroatoms. The van der Waals surface area contributed by atoms with E-state index in [0.717, 1.165) is 0 Å². The Hall–Kier alpha value is -0.610. The maximum Gasteiger partial charge on any atom is 0.234 e. The summed E-state index contributed by atoms with van der Waals surface area (Å²) >= 11 is 0. The van der Waals surface area contributed by atoms with Crippen molar-refractivity contribution >= 4 is 10.0 Å². The number of primary sulfonamides is 1. The average molecular weight is 173 g/mol. The van der Waals surface area contributed by atoms with Crippen LogP contribution < -0.4 is 5.14 Å². The summed E-state index contributed by atoms with van der Waals surface area (Å²) in [5.41, 5.74) is 0. The number of allylic oxidation sites excluding steroid dienone is 4. The van der Waals surface area contributed by atoms with Crippen LogP contribution in [0.25, 0.3) is 0 Å². The molecule has 1 aliphatic carbocycles. The number of hydrogen-bond donors (Lipinski definition) is 1. The summed E-state index contributed by atoms with van der Waals surface area (Å²) < 4.78 is 21.6. The third kappa shape index (κ3) is 2.17. The molecule has 0 aromatic carbocycles. The van der Waals surface area contributed by atoms with Gasteiger partial charge in [0.15, 0.2) is 0 Å². The summed E-state index contributed by atoms with van der Waals surface area (Å²) in [6.07, 6.45) is 5.76. The van der Waals surface area contributed by atoms with Crippen molar-refractivity contribution in [3.05, 3.63) is 23.1 Å². The molecule has 3 nitrogen and oxygen atoms in total. The highest BCUT2D eigenvalue weighted by Crippen LogP contribution is 2.20. The van der Waals surface area contributed by atoms with Crippen LogP contribution in [0.4, 0.5) is 0 Å². The van der Waals surface area contributed by atoms with Gasteiger partial charge >= 0.3 is 0 Å². The van der Waals surface area contributed by atoms with Gasteiger partial charge < -0.3 is 0 Å². The van der Waals surface area contributed by atoms with Crippen LogP contribution in [0.15, 0.2) is 23.1 Å². The fourth-order valence-corrected chi connectivity index (χ4v) is 1.78. The number of hydrogen-bond acceptors (Lipinski definition) is 2. The fraction of sp³-hybridized carbons (Fsp3) is 0.429. The second kappa shape index (κ2) is 2.79. The maximum atomic E-state index is 10.8. The summed E-state index contributed by atoms with van der Waals surface area (Å²) in [6.45, 7) is 1.95. The van der Waals surface area contributed by atoms with E-state index in [9.17, 15) is 8.42 Å². The molecule has 2 N–H and O–H groups in total. The highest BCUT2D eigenvalue weighted by atomic mass is 32.2. The zero-order chi connectivity index (χ0) is 8.48. The van der Waals surface area contributed by atoms with E-state index in [4.69, 9.17) is 5.14 Å². The lowest BCUT2D eigenvalue weighted by atomic mass is 10.0. The lowest BCUT2D eigenvalue weighted by molar-refractivity contribution is 0.597. The van der Waals surface area contributed by atoms with E-state index in [0.29, 0.717) is 11.3 Å². The molecule has 0 bridgehead atoms. The van der Waals surface area contributed by atoms with Crippen LogP contribution in [-0.4, -0.2) is 8.42 Å². The molecular formula is C7H11NO2S. The average Bonchev–Trinajstić information content (AvgIpc) is 1.86. The predicted octanol–water partition coefficient (Wildman–Crippen LogP) is 0.755. The molecule has 0 radical (unpaired) electrons. The van der Waals surface area contributed by atoms with Crippen LogP contribution in [0.1, 0.15) is 13.3 Å². The van der Waals surface area contributed by atoms with Crippen molar-refractivity contribution in [2.24, 2.45) is 11.1 Å². The van der Waals surface area contributed by atoms with E-state index in [1.807, 2.05) is 13.0 Å². The predicted molar refractivity (Wildman–Crippen MR) is 44.1 cm³/mol. The first-order valence-corrected chi connectivity index (χ1v) is 4.95. The van der Waals surface area contributed by atoms with Gasteiger partial charge in [-0.3, -0.25) is 0 Å². The first-order valence-electron chi connectivity index (χ1n) is 3.40. The lowest BCUT2D eigenvalue weighted by Crippen LogP contribution is -2.17. The fourth-order valence-electron chi connectivity index (χ4n) is 1.02. The summed E-state index contributed by atoms with van der Waals surface area (Å²) in [5, 5.41) is 4.94. The maximum absolute atomic E-state index is 10.8. The Bertz CT molecular complexity index is 300. The van der Waals surface area contributed by atoms with Gasteiger partial charge in [0.05, 0.1) is 4.91 Å². The molecule has 62 valence electrons. The third-order valence-corrected chi connectivity index (χ3v) is 2.64. The first-order chi connectivity index (χ1) is 5.00. The van der Waals surface area contributed by atoms with Crippen LogP contribution >= 0.6 is 0 Å². The molecule has 1 unspecified atom stereocenters. The quantitative estimate of drug-likeness (QED) is 0.636. The molecule has 0 aromatic rings.